The Kier molecular flexibility index (Phi) is 4.18. The van der Waals surface area contributed by atoms with Gasteiger partial charge in [-0.15, -0.1) is 0 Å². The van der Waals surface area contributed by atoms with Crippen molar-refractivity contribution in [1.82, 2.24) is 4.98 Å². The van der Waals surface area contributed by atoms with Crippen LogP contribution in [0.25, 0.3) is 11.5 Å². The lowest BCUT2D eigenvalue weighted by Crippen LogP contribution is -2.17. The second-order valence-electron chi connectivity index (χ2n) is 5.53. The van der Waals surface area contributed by atoms with Crippen molar-refractivity contribution in [2.24, 2.45) is 0 Å². The molecule has 4 nitrogen and oxygen atoms in total. The highest BCUT2D eigenvalue weighted by Crippen LogP contribution is 2.35. The van der Waals surface area contributed by atoms with Crippen molar-refractivity contribution in [3.05, 3.63) is 39.9 Å². The summed E-state index contributed by atoms with van der Waals surface area (Å²) < 4.78 is 24.7. The normalized spacial score (nSPS) is 11.5. The van der Waals surface area contributed by atoms with Gasteiger partial charge in [0.05, 0.1) is 12.7 Å². The molecule has 0 N–H and O–H groups in total. The van der Waals surface area contributed by atoms with Crippen LogP contribution in [-0.4, -0.2) is 18.1 Å². The summed E-state index contributed by atoms with van der Waals surface area (Å²) in [6.45, 7) is 5.66. The van der Waals surface area contributed by atoms with Gasteiger partial charge in [0.25, 0.3) is 0 Å². The number of esters is 1. The van der Waals surface area contributed by atoms with E-state index in [1.54, 1.807) is 12.1 Å². The lowest BCUT2D eigenvalue weighted by molar-refractivity contribution is 0.0562. The predicted molar refractivity (Wildman–Crippen MR) is 79.6 cm³/mol. The Hall–Kier alpha value is -1.69. The third kappa shape index (κ3) is 3.00. The number of methoxy groups -OCH3 is 1. The Balaban J connectivity index is 2.68. The Morgan fingerprint density at radius 3 is 2.57 bits per heavy atom. The Morgan fingerprint density at radius 2 is 2.05 bits per heavy atom. The van der Waals surface area contributed by atoms with E-state index in [2.05, 4.69) is 20.9 Å². The standard InChI is InChI=1S/C15H15BrFNO3/c1-15(2,3)12-11(14(19)20-4)21-13(18-12)10-8(16)6-5-7-9(10)17/h5-7H,1-4H3. The number of carbonyl (C=O) groups is 1. The van der Waals surface area contributed by atoms with Crippen molar-refractivity contribution >= 4 is 21.9 Å². The molecule has 0 fully saturated rings. The highest BCUT2D eigenvalue weighted by atomic mass is 79.9. The van der Waals surface area contributed by atoms with Crippen molar-refractivity contribution in [1.29, 1.82) is 0 Å². The number of halogens is 2. The number of nitrogens with zero attached hydrogens (tertiary/aromatic N) is 1. The van der Waals surface area contributed by atoms with E-state index in [0.29, 0.717) is 10.2 Å². The van der Waals surface area contributed by atoms with Crippen LogP contribution in [0.3, 0.4) is 0 Å². The Bertz CT molecular complexity index is 668. The number of aromatic nitrogens is 1. The quantitative estimate of drug-likeness (QED) is 0.752. The summed E-state index contributed by atoms with van der Waals surface area (Å²) in [6, 6.07) is 4.55. The van der Waals surface area contributed by atoms with Crippen LogP contribution in [0.2, 0.25) is 0 Å². The van der Waals surface area contributed by atoms with Gasteiger partial charge in [-0.1, -0.05) is 26.8 Å². The van der Waals surface area contributed by atoms with Gasteiger partial charge in [0, 0.05) is 9.89 Å². The molecule has 0 bridgehead atoms. The topological polar surface area (TPSA) is 52.3 Å². The fraction of sp³-hybridized carbons (Fsp3) is 0.333. The van der Waals surface area contributed by atoms with Gasteiger partial charge in [0.1, 0.15) is 11.5 Å². The van der Waals surface area contributed by atoms with Crippen LogP contribution < -0.4 is 0 Å². The first-order valence-electron chi connectivity index (χ1n) is 6.29. The van der Waals surface area contributed by atoms with E-state index in [9.17, 15) is 9.18 Å². The van der Waals surface area contributed by atoms with Crippen molar-refractivity contribution in [3.8, 4) is 11.5 Å². The minimum atomic E-state index is -0.633. The van der Waals surface area contributed by atoms with E-state index in [4.69, 9.17) is 9.15 Å². The SMILES string of the molecule is COC(=O)c1oc(-c2c(F)cccc2Br)nc1C(C)(C)C. The van der Waals surface area contributed by atoms with E-state index in [0.717, 1.165) is 0 Å². The molecular weight excluding hydrogens is 341 g/mol. The molecule has 0 aliphatic rings. The fourth-order valence-electron chi connectivity index (χ4n) is 1.87. The lowest BCUT2D eigenvalue weighted by atomic mass is 9.91. The third-order valence-electron chi connectivity index (χ3n) is 2.88. The summed E-state index contributed by atoms with van der Waals surface area (Å²) in [7, 11) is 1.26. The monoisotopic (exact) mass is 355 g/mol. The van der Waals surface area contributed by atoms with E-state index >= 15 is 0 Å². The van der Waals surface area contributed by atoms with E-state index in [-0.39, 0.29) is 17.2 Å². The first-order valence-corrected chi connectivity index (χ1v) is 7.09. The molecule has 0 spiro atoms. The molecule has 0 aliphatic carbocycles. The summed E-state index contributed by atoms with van der Waals surface area (Å²) in [6.07, 6.45) is 0. The second-order valence-corrected chi connectivity index (χ2v) is 6.39. The van der Waals surface area contributed by atoms with Crippen LogP contribution in [0.15, 0.2) is 27.1 Å². The van der Waals surface area contributed by atoms with E-state index < -0.39 is 17.2 Å². The molecule has 0 radical (unpaired) electrons. The number of carbonyl (C=O) groups excluding carboxylic acids is 1. The van der Waals surface area contributed by atoms with Crippen molar-refractivity contribution in [2.45, 2.75) is 26.2 Å². The zero-order chi connectivity index (χ0) is 15.8. The zero-order valence-corrected chi connectivity index (χ0v) is 13.7. The van der Waals surface area contributed by atoms with Gasteiger partial charge in [-0.2, -0.15) is 0 Å². The van der Waals surface area contributed by atoms with Gasteiger partial charge in [0.15, 0.2) is 0 Å². The molecule has 2 aromatic rings. The number of benzene rings is 1. The van der Waals surface area contributed by atoms with Crippen LogP contribution in [-0.2, 0) is 10.2 Å². The molecule has 1 aromatic carbocycles. The Morgan fingerprint density at radius 1 is 1.38 bits per heavy atom. The molecule has 2 rings (SSSR count). The number of hydrogen-bond acceptors (Lipinski definition) is 4. The molecule has 21 heavy (non-hydrogen) atoms. The number of oxazole rings is 1. The van der Waals surface area contributed by atoms with Gasteiger partial charge in [-0.3, -0.25) is 0 Å². The highest BCUT2D eigenvalue weighted by Gasteiger charge is 2.31. The summed E-state index contributed by atoms with van der Waals surface area (Å²) in [5.41, 5.74) is 0.167. The molecule has 6 heteroatoms. The highest BCUT2D eigenvalue weighted by molar-refractivity contribution is 9.10. The van der Waals surface area contributed by atoms with Crippen molar-refractivity contribution in [3.63, 3.8) is 0 Å². The van der Waals surface area contributed by atoms with E-state index in [1.165, 1.54) is 13.2 Å². The first-order chi connectivity index (χ1) is 9.75. The fourth-order valence-corrected chi connectivity index (χ4v) is 2.38. The number of rotatable bonds is 2. The maximum atomic E-state index is 14.0. The van der Waals surface area contributed by atoms with Crippen molar-refractivity contribution < 1.29 is 18.3 Å². The maximum absolute atomic E-state index is 14.0. The average Bonchev–Trinajstić information content (AvgIpc) is 2.82. The summed E-state index contributed by atoms with van der Waals surface area (Å²) >= 11 is 3.27. The van der Waals surface area contributed by atoms with Gasteiger partial charge in [-0.05, 0) is 28.1 Å². The molecule has 0 aliphatic heterocycles. The number of ether oxygens (including phenoxy) is 1. The third-order valence-corrected chi connectivity index (χ3v) is 3.55. The average molecular weight is 356 g/mol. The van der Waals surface area contributed by atoms with Crippen LogP contribution in [0.5, 0.6) is 0 Å². The van der Waals surface area contributed by atoms with Gasteiger partial charge >= 0.3 is 5.97 Å². The summed E-state index contributed by atoms with van der Waals surface area (Å²) in [4.78, 5) is 16.1. The minimum Gasteiger partial charge on any atom is -0.463 e. The smallest absolute Gasteiger partial charge is 0.376 e. The summed E-state index contributed by atoms with van der Waals surface area (Å²) in [5.74, 6) is -1.07. The molecule has 112 valence electrons. The molecule has 0 saturated carbocycles. The van der Waals surface area contributed by atoms with Crippen LogP contribution in [0.1, 0.15) is 37.0 Å². The molecule has 0 atom stereocenters. The molecule has 0 saturated heterocycles. The lowest BCUT2D eigenvalue weighted by Gasteiger charge is -2.15. The van der Waals surface area contributed by atoms with Crippen LogP contribution >= 0.6 is 15.9 Å². The minimum absolute atomic E-state index is 0.00449. The molecule has 1 aromatic heterocycles. The van der Waals surface area contributed by atoms with Gasteiger partial charge in [-0.25, -0.2) is 14.2 Å². The number of hydrogen-bond donors (Lipinski definition) is 0. The van der Waals surface area contributed by atoms with Crippen LogP contribution in [0, 0.1) is 5.82 Å². The van der Waals surface area contributed by atoms with E-state index in [1.807, 2.05) is 20.8 Å². The second kappa shape index (κ2) is 5.60. The maximum Gasteiger partial charge on any atom is 0.376 e. The van der Waals surface area contributed by atoms with Crippen molar-refractivity contribution in [2.75, 3.05) is 7.11 Å². The molecule has 1 heterocycles. The van der Waals surface area contributed by atoms with Crippen LogP contribution in [0.4, 0.5) is 4.39 Å². The van der Waals surface area contributed by atoms with Gasteiger partial charge in [0.2, 0.25) is 11.7 Å². The summed E-state index contributed by atoms with van der Waals surface area (Å²) in [5, 5.41) is 0. The molecule has 0 amide bonds. The predicted octanol–water partition coefficient (Wildman–Crippen LogP) is 4.33. The zero-order valence-electron chi connectivity index (χ0n) is 12.2. The molecular formula is C15H15BrFNO3. The Labute approximate surface area is 130 Å². The first kappa shape index (κ1) is 15.7. The van der Waals surface area contributed by atoms with Gasteiger partial charge < -0.3 is 9.15 Å². The largest absolute Gasteiger partial charge is 0.463 e. The molecule has 0 unspecified atom stereocenters.